The molecule has 0 saturated carbocycles. The molecule has 3 rings (SSSR count). The van der Waals surface area contributed by atoms with Crippen molar-refractivity contribution < 1.29 is 4.74 Å². The lowest BCUT2D eigenvalue weighted by atomic mass is 10.2. The summed E-state index contributed by atoms with van der Waals surface area (Å²) >= 11 is 6.02. The van der Waals surface area contributed by atoms with Crippen LogP contribution in [0, 0.1) is 0 Å². The standard InChI is InChI=1S/C12H12ClN3O/c13-9-1-2-12-11(5-9)16(3-4-17-12)7-10-6-14-8-15-10/h1-2,5-6,8H,3-4,7H2,(H,14,15). The molecule has 1 aromatic carbocycles. The smallest absolute Gasteiger partial charge is 0.142 e. The molecule has 0 aliphatic carbocycles. The van der Waals surface area contributed by atoms with Crippen LogP contribution in [-0.2, 0) is 6.54 Å². The maximum atomic E-state index is 6.02. The number of rotatable bonds is 2. The molecule has 0 unspecified atom stereocenters. The van der Waals surface area contributed by atoms with Gasteiger partial charge in [-0.05, 0) is 18.2 Å². The molecule has 0 atom stereocenters. The van der Waals surface area contributed by atoms with Gasteiger partial charge in [0, 0.05) is 11.2 Å². The first kappa shape index (κ1) is 10.5. The number of anilines is 1. The third-order valence-corrected chi connectivity index (χ3v) is 3.03. The summed E-state index contributed by atoms with van der Waals surface area (Å²) in [6.45, 7) is 2.34. The molecule has 0 fully saturated rings. The Hall–Kier alpha value is -1.68. The molecule has 0 amide bonds. The number of nitrogens with one attached hydrogen (secondary N) is 1. The Morgan fingerprint density at radius 1 is 1.47 bits per heavy atom. The van der Waals surface area contributed by atoms with E-state index >= 15 is 0 Å². The summed E-state index contributed by atoms with van der Waals surface area (Å²) in [6.07, 6.45) is 3.52. The molecule has 0 radical (unpaired) electrons. The largest absolute Gasteiger partial charge is 0.490 e. The first-order chi connectivity index (χ1) is 8.33. The predicted octanol–water partition coefficient (Wildman–Crippen LogP) is 2.46. The molecule has 0 spiro atoms. The van der Waals surface area contributed by atoms with Crippen LogP contribution in [0.2, 0.25) is 5.02 Å². The van der Waals surface area contributed by atoms with Gasteiger partial charge < -0.3 is 14.6 Å². The number of ether oxygens (including phenoxy) is 1. The molecule has 5 heteroatoms. The molecule has 0 bridgehead atoms. The van der Waals surface area contributed by atoms with Crippen molar-refractivity contribution in [1.82, 2.24) is 9.97 Å². The number of nitrogens with zero attached hydrogens (tertiary/aromatic N) is 2. The molecule has 88 valence electrons. The van der Waals surface area contributed by atoms with Crippen molar-refractivity contribution in [1.29, 1.82) is 0 Å². The number of fused-ring (bicyclic) bond motifs is 1. The van der Waals surface area contributed by atoms with Gasteiger partial charge >= 0.3 is 0 Å². The predicted molar refractivity (Wildman–Crippen MR) is 66.6 cm³/mol. The quantitative estimate of drug-likeness (QED) is 0.889. The summed E-state index contributed by atoms with van der Waals surface area (Å²) in [5, 5.41) is 0.726. The lowest BCUT2D eigenvalue weighted by molar-refractivity contribution is 0.306. The Morgan fingerprint density at radius 3 is 3.24 bits per heavy atom. The number of aromatic amines is 1. The normalized spacial score (nSPS) is 14.3. The third kappa shape index (κ3) is 2.08. The zero-order valence-corrected chi connectivity index (χ0v) is 9.94. The second kappa shape index (κ2) is 4.30. The molecule has 1 aliphatic rings. The van der Waals surface area contributed by atoms with Crippen molar-refractivity contribution in [3.05, 3.63) is 41.4 Å². The number of imidazole rings is 1. The van der Waals surface area contributed by atoms with E-state index in [4.69, 9.17) is 16.3 Å². The van der Waals surface area contributed by atoms with Crippen LogP contribution in [0.25, 0.3) is 0 Å². The van der Waals surface area contributed by atoms with Crippen molar-refractivity contribution >= 4 is 17.3 Å². The second-order valence-corrected chi connectivity index (χ2v) is 4.40. The van der Waals surface area contributed by atoms with E-state index in [1.54, 1.807) is 6.33 Å². The summed E-state index contributed by atoms with van der Waals surface area (Å²) in [4.78, 5) is 9.36. The maximum Gasteiger partial charge on any atom is 0.142 e. The van der Waals surface area contributed by atoms with Crippen molar-refractivity contribution in [3.8, 4) is 5.75 Å². The van der Waals surface area contributed by atoms with Gasteiger partial charge in [-0.1, -0.05) is 11.6 Å². The Labute approximate surface area is 104 Å². The Balaban J connectivity index is 1.90. The van der Waals surface area contributed by atoms with Crippen LogP contribution >= 0.6 is 11.6 Å². The number of hydrogen-bond acceptors (Lipinski definition) is 3. The zero-order valence-electron chi connectivity index (χ0n) is 9.19. The van der Waals surface area contributed by atoms with E-state index in [0.29, 0.717) is 6.61 Å². The van der Waals surface area contributed by atoms with Crippen molar-refractivity contribution in [2.45, 2.75) is 6.54 Å². The van der Waals surface area contributed by atoms with Crippen LogP contribution in [-0.4, -0.2) is 23.1 Å². The van der Waals surface area contributed by atoms with Crippen molar-refractivity contribution in [2.75, 3.05) is 18.1 Å². The SMILES string of the molecule is Clc1ccc2c(c1)N(Cc1cnc[nH]1)CCO2. The monoisotopic (exact) mass is 249 g/mol. The molecule has 1 N–H and O–H groups in total. The van der Waals surface area contributed by atoms with E-state index in [9.17, 15) is 0 Å². The molecular formula is C12H12ClN3O. The van der Waals surface area contributed by atoms with Gasteiger partial charge in [-0.25, -0.2) is 4.98 Å². The topological polar surface area (TPSA) is 41.2 Å². The highest BCUT2D eigenvalue weighted by Crippen LogP contribution is 2.34. The summed E-state index contributed by atoms with van der Waals surface area (Å²) in [5.41, 5.74) is 2.12. The minimum absolute atomic E-state index is 0.697. The fraction of sp³-hybridized carbons (Fsp3) is 0.250. The van der Waals surface area contributed by atoms with Gasteiger partial charge in [-0.2, -0.15) is 0 Å². The Kier molecular flexibility index (Phi) is 2.65. The lowest BCUT2D eigenvalue weighted by Gasteiger charge is -2.30. The van der Waals surface area contributed by atoms with Crippen molar-refractivity contribution in [3.63, 3.8) is 0 Å². The fourth-order valence-electron chi connectivity index (χ4n) is 1.99. The van der Waals surface area contributed by atoms with Gasteiger partial charge in [0.2, 0.25) is 0 Å². The minimum Gasteiger partial charge on any atom is -0.490 e. The second-order valence-electron chi connectivity index (χ2n) is 3.96. The number of hydrogen-bond donors (Lipinski definition) is 1. The van der Waals surface area contributed by atoms with Crippen LogP contribution in [0.1, 0.15) is 5.69 Å². The highest BCUT2D eigenvalue weighted by Gasteiger charge is 2.18. The molecule has 1 aromatic heterocycles. The number of halogens is 1. The summed E-state index contributed by atoms with van der Waals surface area (Å²) in [6, 6.07) is 5.70. The van der Waals surface area contributed by atoms with Crippen molar-refractivity contribution in [2.24, 2.45) is 0 Å². The van der Waals surface area contributed by atoms with E-state index in [-0.39, 0.29) is 0 Å². The van der Waals surface area contributed by atoms with Gasteiger partial charge in [0.1, 0.15) is 12.4 Å². The molecule has 1 aliphatic heterocycles. The van der Waals surface area contributed by atoms with Crippen LogP contribution in [0.5, 0.6) is 5.75 Å². The number of H-pyrrole nitrogens is 1. The van der Waals surface area contributed by atoms with Gasteiger partial charge in [0.15, 0.2) is 0 Å². The number of benzene rings is 1. The van der Waals surface area contributed by atoms with E-state index in [1.165, 1.54) is 0 Å². The average molecular weight is 250 g/mol. The Morgan fingerprint density at radius 2 is 2.41 bits per heavy atom. The molecule has 4 nitrogen and oxygen atoms in total. The third-order valence-electron chi connectivity index (χ3n) is 2.80. The van der Waals surface area contributed by atoms with E-state index in [1.807, 2.05) is 24.4 Å². The zero-order chi connectivity index (χ0) is 11.7. The highest BCUT2D eigenvalue weighted by atomic mass is 35.5. The van der Waals surface area contributed by atoms with E-state index < -0.39 is 0 Å². The summed E-state index contributed by atoms with van der Waals surface area (Å²) < 4.78 is 5.60. The van der Waals surface area contributed by atoms with Crippen LogP contribution in [0.3, 0.4) is 0 Å². The van der Waals surface area contributed by atoms with Gasteiger partial charge in [-0.3, -0.25) is 0 Å². The Bertz CT molecular complexity index is 512. The van der Waals surface area contributed by atoms with Gasteiger partial charge in [-0.15, -0.1) is 0 Å². The fourth-order valence-corrected chi connectivity index (χ4v) is 2.15. The molecule has 0 saturated heterocycles. The molecule has 17 heavy (non-hydrogen) atoms. The maximum absolute atomic E-state index is 6.02. The molecular weight excluding hydrogens is 238 g/mol. The van der Waals surface area contributed by atoms with E-state index in [2.05, 4.69) is 14.9 Å². The minimum atomic E-state index is 0.697. The summed E-state index contributed by atoms with van der Waals surface area (Å²) in [5.74, 6) is 0.889. The highest BCUT2D eigenvalue weighted by molar-refractivity contribution is 6.30. The number of aromatic nitrogens is 2. The van der Waals surface area contributed by atoms with E-state index in [0.717, 1.165) is 35.2 Å². The van der Waals surface area contributed by atoms with Crippen LogP contribution in [0.15, 0.2) is 30.7 Å². The average Bonchev–Trinajstić information content (AvgIpc) is 2.83. The summed E-state index contributed by atoms with van der Waals surface area (Å²) in [7, 11) is 0. The van der Waals surface area contributed by atoms with Gasteiger partial charge in [0.25, 0.3) is 0 Å². The van der Waals surface area contributed by atoms with Crippen LogP contribution < -0.4 is 9.64 Å². The first-order valence-corrected chi connectivity index (χ1v) is 5.85. The molecule has 2 heterocycles. The van der Waals surface area contributed by atoms with Crippen LogP contribution in [0.4, 0.5) is 5.69 Å². The van der Waals surface area contributed by atoms with Gasteiger partial charge in [0.05, 0.1) is 30.8 Å². The first-order valence-electron chi connectivity index (χ1n) is 5.47. The molecule has 2 aromatic rings. The lowest BCUT2D eigenvalue weighted by Crippen LogP contribution is -2.32.